The first-order chi connectivity index (χ1) is 12.3. The number of nitro groups is 1. The lowest BCUT2D eigenvalue weighted by molar-refractivity contribution is -0.380. The van der Waals surface area contributed by atoms with Gasteiger partial charge >= 0.3 is 11.4 Å². The highest BCUT2D eigenvalue weighted by Gasteiger charge is 2.31. The Balaban J connectivity index is 0.00000196. The van der Waals surface area contributed by atoms with E-state index in [0.29, 0.717) is 0 Å². The Labute approximate surface area is 175 Å². The van der Waals surface area contributed by atoms with Gasteiger partial charge in [-0.2, -0.15) is 0 Å². The Hall–Kier alpha value is -1.59. The van der Waals surface area contributed by atoms with E-state index in [0.717, 1.165) is 48.6 Å². The second-order valence-corrected chi connectivity index (χ2v) is 6.67. The number of ether oxygens (including phenoxy) is 1. The minimum atomic E-state index is -4.74. The molecule has 3 rings (SSSR count). The summed E-state index contributed by atoms with van der Waals surface area (Å²) in [5.74, 6) is -0.295. The lowest BCUT2D eigenvalue weighted by atomic mass is 9.98. The molecule has 0 bridgehead atoms. The Bertz CT molecular complexity index is 768. The van der Waals surface area contributed by atoms with Crippen molar-refractivity contribution in [3.63, 3.8) is 0 Å². The molecule has 1 aromatic carbocycles. The summed E-state index contributed by atoms with van der Waals surface area (Å²) in [6.45, 7) is 3.01. The molecular formula is C16H18Cl2F3N3O3S. The second kappa shape index (κ2) is 10.3. The van der Waals surface area contributed by atoms with Crippen molar-refractivity contribution in [2.75, 3.05) is 26.2 Å². The lowest BCUT2D eigenvalue weighted by Crippen LogP contribution is -2.45. The summed E-state index contributed by atoms with van der Waals surface area (Å²) >= 11 is 1.04. The molecule has 0 aliphatic carbocycles. The average molecular weight is 460 g/mol. The van der Waals surface area contributed by atoms with Gasteiger partial charge < -0.3 is 10.1 Å². The molecule has 1 saturated heterocycles. The van der Waals surface area contributed by atoms with Gasteiger partial charge in [0.15, 0.2) is 0 Å². The number of alkyl halides is 3. The number of hydrogen-bond acceptors (Lipinski definition) is 6. The number of thiophene rings is 1. The van der Waals surface area contributed by atoms with Gasteiger partial charge in [0.2, 0.25) is 0 Å². The third-order valence-corrected chi connectivity index (χ3v) is 4.95. The van der Waals surface area contributed by atoms with Gasteiger partial charge in [-0.1, -0.05) is 23.5 Å². The number of halogens is 5. The van der Waals surface area contributed by atoms with E-state index in [4.69, 9.17) is 0 Å². The second-order valence-electron chi connectivity index (χ2n) is 5.78. The van der Waals surface area contributed by atoms with Gasteiger partial charge in [-0.05, 0) is 23.3 Å². The molecule has 12 heteroatoms. The van der Waals surface area contributed by atoms with E-state index in [1.807, 2.05) is 0 Å². The van der Waals surface area contributed by atoms with Crippen LogP contribution in [0, 0.1) is 10.1 Å². The number of benzene rings is 1. The minimum absolute atomic E-state index is 0. The Morgan fingerprint density at radius 3 is 2.25 bits per heavy atom. The third-order valence-electron chi connectivity index (χ3n) is 4.05. The van der Waals surface area contributed by atoms with Gasteiger partial charge in [0.1, 0.15) is 5.75 Å². The largest absolute Gasteiger partial charge is 0.573 e. The van der Waals surface area contributed by atoms with Gasteiger partial charge in [0.05, 0.1) is 11.0 Å². The van der Waals surface area contributed by atoms with E-state index in [1.54, 1.807) is 17.5 Å². The van der Waals surface area contributed by atoms with Crippen LogP contribution in [0.5, 0.6) is 5.75 Å². The van der Waals surface area contributed by atoms with Crippen LogP contribution in [0.15, 0.2) is 35.7 Å². The lowest BCUT2D eigenvalue weighted by Gasteiger charge is -2.35. The van der Waals surface area contributed by atoms with Gasteiger partial charge in [-0.25, -0.2) is 0 Å². The Kier molecular flexibility index (Phi) is 8.96. The van der Waals surface area contributed by atoms with E-state index in [9.17, 15) is 23.3 Å². The molecule has 2 aromatic rings. The minimum Gasteiger partial charge on any atom is -0.406 e. The molecular weight excluding hydrogens is 442 g/mol. The van der Waals surface area contributed by atoms with Crippen LogP contribution in [-0.2, 0) is 0 Å². The number of rotatable bonds is 5. The maximum Gasteiger partial charge on any atom is 0.573 e. The maximum absolute atomic E-state index is 12.3. The summed E-state index contributed by atoms with van der Waals surface area (Å²) in [4.78, 5) is 12.7. The van der Waals surface area contributed by atoms with Gasteiger partial charge in [0, 0.05) is 37.6 Å². The summed E-state index contributed by atoms with van der Waals surface area (Å²) in [5.41, 5.74) is 1.52. The molecule has 1 N–H and O–H groups in total. The quantitative estimate of drug-likeness (QED) is 0.530. The molecule has 2 heterocycles. The predicted octanol–water partition coefficient (Wildman–Crippen LogP) is 4.39. The van der Waals surface area contributed by atoms with Crippen LogP contribution < -0.4 is 10.1 Å². The first-order valence-electron chi connectivity index (χ1n) is 7.87. The summed E-state index contributed by atoms with van der Waals surface area (Å²) in [6, 6.07) is 6.92. The zero-order valence-corrected chi connectivity index (χ0v) is 16.8. The Morgan fingerprint density at radius 1 is 1.14 bits per heavy atom. The molecule has 0 unspecified atom stereocenters. The van der Waals surface area contributed by atoms with Crippen LogP contribution in [0.2, 0.25) is 0 Å². The van der Waals surface area contributed by atoms with E-state index in [-0.39, 0.29) is 41.6 Å². The number of piperazine rings is 1. The molecule has 1 aliphatic heterocycles. The zero-order valence-electron chi connectivity index (χ0n) is 14.3. The van der Waals surface area contributed by atoms with Crippen molar-refractivity contribution in [2.24, 2.45) is 0 Å². The van der Waals surface area contributed by atoms with Crippen molar-refractivity contribution in [2.45, 2.75) is 12.4 Å². The van der Waals surface area contributed by atoms with Crippen molar-refractivity contribution in [3.8, 4) is 5.75 Å². The van der Waals surface area contributed by atoms with E-state index in [2.05, 4.69) is 15.0 Å². The first-order valence-corrected chi connectivity index (χ1v) is 8.75. The number of nitrogens with one attached hydrogen (secondary N) is 1. The molecule has 6 nitrogen and oxygen atoms in total. The fraction of sp³-hybridized carbons (Fsp3) is 0.375. The highest BCUT2D eigenvalue weighted by atomic mass is 35.5. The molecule has 156 valence electrons. The fourth-order valence-electron chi connectivity index (χ4n) is 2.98. The van der Waals surface area contributed by atoms with Crippen LogP contribution in [0.1, 0.15) is 17.2 Å². The molecule has 1 fully saturated rings. The topological polar surface area (TPSA) is 67.6 Å². The first kappa shape index (κ1) is 24.4. The van der Waals surface area contributed by atoms with Crippen LogP contribution in [0.25, 0.3) is 0 Å². The molecule has 28 heavy (non-hydrogen) atoms. The van der Waals surface area contributed by atoms with Gasteiger partial charge in [0.25, 0.3) is 0 Å². The van der Waals surface area contributed by atoms with Crippen molar-refractivity contribution in [1.82, 2.24) is 10.2 Å². The van der Waals surface area contributed by atoms with Crippen molar-refractivity contribution in [3.05, 3.63) is 57.0 Å². The molecule has 1 atom stereocenters. The van der Waals surface area contributed by atoms with E-state index < -0.39 is 11.3 Å². The van der Waals surface area contributed by atoms with Crippen LogP contribution in [0.4, 0.5) is 18.2 Å². The number of hydrogen-bond donors (Lipinski definition) is 1. The average Bonchev–Trinajstić information content (AvgIpc) is 3.06. The molecule has 0 radical (unpaired) electrons. The fourth-order valence-corrected chi connectivity index (χ4v) is 3.73. The Morgan fingerprint density at radius 2 is 1.75 bits per heavy atom. The number of nitrogens with zero attached hydrogens (tertiary/aromatic N) is 2. The molecule has 0 saturated carbocycles. The van der Waals surface area contributed by atoms with Crippen molar-refractivity contribution < 1.29 is 22.8 Å². The monoisotopic (exact) mass is 459 g/mol. The SMILES string of the molecule is Cl.Cl.O=[N+]([O-])c1cc([C@H](c2ccc(OC(F)(F)F)cc2)N2CCNCC2)cs1. The van der Waals surface area contributed by atoms with E-state index >= 15 is 0 Å². The summed E-state index contributed by atoms with van der Waals surface area (Å²) < 4.78 is 40.9. The molecule has 0 amide bonds. The smallest absolute Gasteiger partial charge is 0.406 e. The molecule has 0 spiro atoms. The van der Waals surface area contributed by atoms with Crippen LogP contribution in [-0.4, -0.2) is 42.4 Å². The predicted molar refractivity (Wildman–Crippen MR) is 105 cm³/mol. The molecule has 1 aromatic heterocycles. The highest BCUT2D eigenvalue weighted by Crippen LogP contribution is 2.35. The zero-order chi connectivity index (χ0) is 18.7. The van der Waals surface area contributed by atoms with Gasteiger partial charge in [-0.15, -0.1) is 38.0 Å². The summed E-state index contributed by atoms with van der Waals surface area (Å²) in [6.07, 6.45) is -4.74. The van der Waals surface area contributed by atoms with Crippen molar-refractivity contribution >= 4 is 41.2 Å². The van der Waals surface area contributed by atoms with Crippen LogP contribution in [0.3, 0.4) is 0 Å². The summed E-state index contributed by atoms with van der Waals surface area (Å²) in [7, 11) is 0. The molecule has 1 aliphatic rings. The third kappa shape index (κ3) is 6.21. The van der Waals surface area contributed by atoms with Crippen LogP contribution >= 0.6 is 36.2 Å². The highest BCUT2D eigenvalue weighted by molar-refractivity contribution is 7.13. The maximum atomic E-state index is 12.3. The normalized spacial score (nSPS) is 15.8. The van der Waals surface area contributed by atoms with E-state index in [1.165, 1.54) is 18.2 Å². The summed E-state index contributed by atoms with van der Waals surface area (Å²) in [5, 5.41) is 16.0. The van der Waals surface area contributed by atoms with Gasteiger partial charge in [-0.3, -0.25) is 15.0 Å². The van der Waals surface area contributed by atoms with Crippen molar-refractivity contribution in [1.29, 1.82) is 0 Å². The standard InChI is InChI=1S/C16H16F3N3O3S.2ClH/c17-16(18,19)25-13-3-1-11(2-4-13)15(21-7-5-20-6-8-21)12-9-14(22(23)24)26-10-12;;/h1-4,9-10,15,20H,5-8H2;2*1H/t15-;;/m0../s1.